The van der Waals surface area contributed by atoms with E-state index in [9.17, 15) is 0 Å². The van der Waals surface area contributed by atoms with Gasteiger partial charge in [-0.05, 0) is 45.9 Å². The zero-order chi connectivity index (χ0) is 23.2. The highest BCUT2D eigenvalue weighted by molar-refractivity contribution is 5.70. The van der Waals surface area contributed by atoms with Gasteiger partial charge in [0.1, 0.15) is 11.6 Å². The molecule has 0 saturated carbocycles. The number of aryl methyl sites for hydroxylation is 1. The molecular weight excluding hydrogens is 386 g/mol. The average molecular weight is 428 g/mol. The predicted molar refractivity (Wildman–Crippen MR) is 133 cm³/mol. The van der Waals surface area contributed by atoms with Gasteiger partial charge in [-0.2, -0.15) is 4.98 Å². The zero-order valence-electron chi connectivity index (χ0n) is 20.6. The van der Waals surface area contributed by atoms with E-state index in [0.29, 0.717) is 23.3 Å². The number of ether oxygens (including phenoxy) is 1. The number of nitrogens with zero attached hydrogens (tertiary/aromatic N) is 3. The summed E-state index contributed by atoms with van der Waals surface area (Å²) in [7, 11) is 7.54. The molecule has 1 heterocycles. The fourth-order valence-corrected chi connectivity index (χ4v) is 3.06. The molecule has 0 saturated heterocycles. The third kappa shape index (κ3) is 9.02. The van der Waals surface area contributed by atoms with Gasteiger partial charge in [-0.15, -0.1) is 0 Å². The minimum Gasteiger partial charge on any atom is -0.495 e. The average Bonchev–Trinajstić information content (AvgIpc) is 2.74. The highest BCUT2D eigenvalue weighted by Crippen LogP contribution is 2.26. The van der Waals surface area contributed by atoms with E-state index in [0.717, 1.165) is 49.3 Å². The Bertz CT molecular complexity index is 781. The van der Waals surface area contributed by atoms with Gasteiger partial charge in [-0.3, -0.25) is 0 Å². The van der Waals surface area contributed by atoms with Crippen molar-refractivity contribution in [2.24, 2.45) is 0 Å². The third-order valence-electron chi connectivity index (χ3n) is 4.92. The quantitative estimate of drug-likeness (QED) is 0.268. The molecule has 0 spiro atoms. The van der Waals surface area contributed by atoms with Gasteiger partial charge in [-0.25, -0.2) is 4.98 Å². The molecule has 0 fully saturated rings. The normalized spacial score (nSPS) is 12.0. The molecule has 1 rings (SSSR count). The Hall–Kier alpha value is -2.52. The summed E-state index contributed by atoms with van der Waals surface area (Å²) in [4.78, 5) is 11.4. The minimum atomic E-state index is 0.322. The van der Waals surface area contributed by atoms with Crippen molar-refractivity contribution in [2.75, 3.05) is 45.0 Å². The molecule has 1 aromatic rings. The Morgan fingerprint density at radius 1 is 1.23 bits per heavy atom. The summed E-state index contributed by atoms with van der Waals surface area (Å²) in [6.07, 6.45) is 8.26. The molecule has 2 N–H and O–H groups in total. The topological polar surface area (TPSA) is 62.3 Å². The first-order valence-corrected chi connectivity index (χ1v) is 11.3. The second kappa shape index (κ2) is 14.5. The Morgan fingerprint density at radius 3 is 2.55 bits per heavy atom. The fraction of sp³-hybridized carbons (Fsp3) is 0.600. The second-order valence-corrected chi connectivity index (χ2v) is 7.88. The van der Waals surface area contributed by atoms with E-state index >= 15 is 0 Å². The lowest BCUT2D eigenvalue weighted by molar-refractivity contribution is 0.307. The number of unbranched alkanes of at least 4 members (excludes halogenated alkanes) is 2. The number of nitrogens with one attached hydrogen (secondary N) is 2. The van der Waals surface area contributed by atoms with Crippen molar-refractivity contribution in [3.05, 3.63) is 29.2 Å². The summed E-state index contributed by atoms with van der Waals surface area (Å²) in [5.74, 6) is 8.37. The summed E-state index contributed by atoms with van der Waals surface area (Å²) in [5.41, 5.74) is 2.45. The maximum atomic E-state index is 5.62. The molecule has 0 amide bonds. The largest absolute Gasteiger partial charge is 0.495 e. The molecular formula is C25H41N5O. The summed E-state index contributed by atoms with van der Waals surface area (Å²) in [5, 5.41) is 6.95. The summed E-state index contributed by atoms with van der Waals surface area (Å²) in [6, 6.07) is 0.322. The number of allylic oxidation sites excluding steroid dienone is 1. The van der Waals surface area contributed by atoms with Crippen LogP contribution < -0.4 is 15.5 Å². The summed E-state index contributed by atoms with van der Waals surface area (Å²) < 4.78 is 5.62. The lowest BCUT2D eigenvalue weighted by Crippen LogP contribution is -2.26. The maximum Gasteiger partial charge on any atom is 0.227 e. The van der Waals surface area contributed by atoms with Crippen molar-refractivity contribution in [2.45, 2.75) is 65.3 Å². The maximum absolute atomic E-state index is 5.62. The van der Waals surface area contributed by atoms with E-state index in [1.807, 2.05) is 39.0 Å². The van der Waals surface area contributed by atoms with Gasteiger partial charge in [0.15, 0.2) is 0 Å². The van der Waals surface area contributed by atoms with Crippen LogP contribution in [0.25, 0.3) is 6.08 Å². The Kier molecular flexibility index (Phi) is 12.4. The Labute approximate surface area is 189 Å². The van der Waals surface area contributed by atoms with E-state index in [1.165, 1.54) is 12.8 Å². The van der Waals surface area contributed by atoms with Gasteiger partial charge in [0, 0.05) is 32.1 Å². The standard InChI is InChI=1S/C25H41N5O/c1-9-11-13-14-19(3)23(31-8)18-22-20(4)27-25(30(6)7)29-24(22)28-21(15-12-10-2)16-17-26-5/h18,21,26H,3,9-12,15-17H2,1-2,4-8H3,(H,27,28,29)/b23-18+. The van der Waals surface area contributed by atoms with Crippen molar-refractivity contribution >= 4 is 17.8 Å². The lowest BCUT2D eigenvalue weighted by atomic mass is 10.1. The van der Waals surface area contributed by atoms with Gasteiger partial charge in [-0.1, -0.05) is 45.1 Å². The lowest BCUT2D eigenvalue weighted by Gasteiger charge is -2.23. The van der Waals surface area contributed by atoms with Gasteiger partial charge < -0.3 is 20.3 Å². The molecule has 0 bridgehead atoms. The van der Waals surface area contributed by atoms with Crippen molar-refractivity contribution < 1.29 is 4.74 Å². The second-order valence-electron chi connectivity index (χ2n) is 7.88. The fourth-order valence-electron chi connectivity index (χ4n) is 3.06. The van der Waals surface area contributed by atoms with Crippen LogP contribution in [0.2, 0.25) is 0 Å². The highest BCUT2D eigenvalue weighted by atomic mass is 16.5. The van der Waals surface area contributed by atoms with Crippen LogP contribution in [-0.4, -0.2) is 50.8 Å². The summed E-state index contributed by atoms with van der Waals surface area (Å²) >= 11 is 0. The van der Waals surface area contributed by atoms with Crippen LogP contribution in [0, 0.1) is 18.8 Å². The first-order chi connectivity index (χ1) is 14.9. The van der Waals surface area contributed by atoms with Gasteiger partial charge in [0.05, 0.1) is 18.4 Å². The van der Waals surface area contributed by atoms with Gasteiger partial charge in [0.25, 0.3) is 0 Å². The monoisotopic (exact) mass is 427 g/mol. The number of hydrogen-bond acceptors (Lipinski definition) is 6. The molecule has 1 unspecified atom stereocenters. The van der Waals surface area contributed by atoms with Crippen molar-refractivity contribution in [3.63, 3.8) is 0 Å². The smallest absolute Gasteiger partial charge is 0.227 e. The Morgan fingerprint density at radius 2 is 1.97 bits per heavy atom. The molecule has 0 aliphatic carbocycles. The summed E-state index contributed by atoms with van der Waals surface area (Å²) in [6.45, 7) is 11.4. The molecule has 0 aliphatic rings. The van der Waals surface area contributed by atoms with E-state index in [2.05, 4.69) is 47.9 Å². The molecule has 1 aromatic heterocycles. The molecule has 172 valence electrons. The van der Waals surface area contributed by atoms with E-state index < -0.39 is 0 Å². The van der Waals surface area contributed by atoms with Crippen LogP contribution in [0.5, 0.6) is 0 Å². The van der Waals surface area contributed by atoms with Crippen LogP contribution in [0.1, 0.15) is 63.6 Å². The molecule has 1 atom stereocenters. The Balaban J connectivity index is 3.40. The number of hydrogen-bond donors (Lipinski definition) is 2. The van der Waals surface area contributed by atoms with Crippen molar-refractivity contribution in [1.29, 1.82) is 0 Å². The van der Waals surface area contributed by atoms with Crippen LogP contribution in [0.4, 0.5) is 11.8 Å². The predicted octanol–water partition coefficient (Wildman–Crippen LogP) is 4.78. The molecule has 31 heavy (non-hydrogen) atoms. The number of rotatable bonds is 13. The number of methoxy groups -OCH3 is 1. The first-order valence-electron chi connectivity index (χ1n) is 11.3. The van der Waals surface area contributed by atoms with E-state index in [1.54, 1.807) is 7.11 Å². The van der Waals surface area contributed by atoms with E-state index in [-0.39, 0.29) is 0 Å². The molecule has 0 aliphatic heterocycles. The SMILES string of the molecule is C=C(C#CCCC)/C(=C\c1c(C)nc(N(C)C)nc1NC(CCCC)CCNC)OC. The molecule has 0 aromatic carbocycles. The number of anilines is 2. The van der Waals surface area contributed by atoms with Crippen LogP contribution in [-0.2, 0) is 4.74 Å². The molecule has 6 heteroatoms. The van der Waals surface area contributed by atoms with Crippen molar-refractivity contribution in [3.8, 4) is 11.8 Å². The van der Waals surface area contributed by atoms with E-state index in [4.69, 9.17) is 9.72 Å². The van der Waals surface area contributed by atoms with Crippen molar-refractivity contribution in [1.82, 2.24) is 15.3 Å². The molecule has 0 radical (unpaired) electrons. The third-order valence-corrected chi connectivity index (χ3v) is 4.92. The minimum absolute atomic E-state index is 0.322. The van der Waals surface area contributed by atoms with Gasteiger partial charge in [0.2, 0.25) is 5.95 Å². The van der Waals surface area contributed by atoms with Crippen LogP contribution in [0.15, 0.2) is 17.9 Å². The first kappa shape index (κ1) is 26.5. The van der Waals surface area contributed by atoms with Crippen LogP contribution in [0.3, 0.4) is 0 Å². The van der Waals surface area contributed by atoms with Gasteiger partial charge >= 0.3 is 0 Å². The zero-order valence-corrected chi connectivity index (χ0v) is 20.6. The molecule has 6 nitrogen and oxygen atoms in total. The highest BCUT2D eigenvalue weighted by Gasteiger charge is 2.17. The van der Waals surface area contributed by atoms with Crippen LogP contribution >= 0.6 is 0 Å². The number of aromatic nitrogens is 2.